The quantitative estimate of drug-likeness (QED) is 0.756. The summed E-state index contributed by atoms with van der Waals surface area (Å²) in [6.07, 6.45) is 2.26. The van der Waals surface area contributed by atoms with E-state index in [0.29, 0.717) is 32.5 Å². The summed E-state index contributed by atoms with van der Waals surface area (Å²) in [6.45, 7) is 5.50. The fourth-order valence-electron chi connectivity index (χ4n) is 2.72. The molecule has 1 saturated heterocycles. The van der Waals surface area contributed by atoms with Gasteiger partial charge in [-0.1, -0.05) is 19.1 Å². The minimum Gasteiger partial charge on any atom is -0.484 e. The number of benzene rings is 1. The van der Waals surface area contributed by atoms with E-state index in [1.54, 1.807) is 11.8 Å². The lowest BCUT2D eigenvalue weighted by Gasteiger charge is -2.30. The van der Waals surface area contributed by atoms with Gasteiger partial charge in [0.2, 0.25) is 0 Å². The standard InChI is InChI=1S/C18H25NO4/c1-3-14-6-5-7-16(12-14)23-13-17(20)19-10-8-15(9-11-19)18(21)22-4-2/h5-7,12,15H,3-4,8-11,13H2,1-2H3. The van der Waals surface area contributed by atoms with Gasteiger partial charge in [0.05, 0.1) is 12.5 Å². The zero-order chi connectivity index (χ0) is 16.7. The maximum absolute atomic E-state index is 12.2. The Morgan fingerprint density at radius 2 is 1.96 bits per heavy atom. The molecule has 0 saturated carbocycles. The first-order valence-corrected chi connectivity index (χ1v) is 8.30. The van der Waals surface area contributed by atoms with Crippen molar-refractivity contribution in [1.29, 1.82) is 0 Å². The minimum absolute atomic E-state index is 0.0331. The van der Waals surface area contributed by atoms with E-state index >= 15 is 0 Å². The number of carbonyl (C=O) groups is 2. The lowest BCUT2D eigenvalue weighted by atomic mass is 9.97. The molecule has 1 aromatic rings. The van der Waals surface area contributed by atoms with Gasteiger partial charge in [0.25, 0.3) is 5.91 Å². The number of hydrogen-bond donors (Lipinski definition) is 0. The maximum atomic E-state index is 12.2. The first kappa shape index (κ1) is 17.3. The van der Waals surface area contributed by atoms with E-state index in [0.717, 1.165) is 12.2 Å². The number of aryl methyl sites for hydroxylation is 1. The number of esters is 1. The Kier molecular flexibility index (Phi) is 6.44. The molecule has 2 rings (SSSR count). The summed E-state index contributed by atoms with van der Waals surface area (Å²) in [6, 6.07) is 7.79. The van der Waals surface area contributed by atoms with Crippen LogP contribution in [0, 0.1) is 5.92 Å². The third kappa shape index (κ3) is 4.98. The Morgan fingerprint density at radius 1 is 1.22 bits per heavy atom. The second-order valence-electron chi connectivity index (χ2n) is 5.70. The molecule has 23 heavy (non-hydrogen) atoms. The summed E-state index contributed by atoms with van der Waals surface area (Å²) in [5, 5.41) is 0. The Labute approximate surface area is 137 Å². The summed E-state index contributed by atoms with van der Waals surface area (Å²) in [5.74, 6) is 0.460. The summed E-state index contributed by atoms with van der Waals surface area (Å²) in [7, 11) is 0. The first-order valence-electron chi connectivity index (χ1n) is 8.30. The van der Waals surface area contributed by atoms with Crippen molar-refractivity contribution in [2.75, 3.05) is 26.3 Å². The maximum Gasteiger partial charge on any atom is 0.309 e. The molecule has 0 aliphatic carbocycles. The fourth-order valence-corrected chi connectivity index (χ4v) is 2.72. The van der Waals surface area contributed by atoms with E-state index in [1.165, 1.54) is 5.56 Å². The molecule has 1 aromatic carbocycles. The van der Waals surface area contributed by atoms with E-state index < -0.39 is 0 Å². The highest BCUT2D eigenvalue weighted by Gasteiger charge is 2.28. The zero-order valence-corrected chi connectivity index (χ0v) is 13.9. The Hall–Kier alpha value is -2.04. The smallest absolute Gasteiger partial charge is 0.309 e. The molecular formula is C18H25NO4. The van der Waals surface area contributed by atoms with Crippen LogP contribution in [0.15, 0.2) is 24.3 Å². The van der Waals surface area contributed by atoms with Crippen LogP contribution in [0.5, 0.6) is 5.75 Å². The number of amides is 1. The lowest BCUT2D eigenvalue weighted by molar-refractivity contribution is -0.151. The predicted molar refractivity (Wildman–Crippen MR) is 87.3 cm³/mol. The van der Waals surface area contributed by atoms with Crippen molar-refractivity contribution in [1.82, 2.24) is 4.90 Å². The molecular weight excluding hydrogens is 294 g/mol. The third-order valence-electron chi connectivity index (χ3n) is 4.14. The number of rotatable bonds is 6. The zero-order valence-electron chi connectivity index (χ0n) is 13.9. The summed E-state index contributed by atoms with van der Waals surface area (Å²) >= 11 is 0. The van der Waals surface area contributed by atoms with Crippen LogP contribution in [-0.2, 0) is 20.7 Å². The number of carbonyl (C=O) groups excluding carboxylic acids is 2. The SMILES string of the molecule is CCOC(=O)C1CCN(C(=O)COc2cccc(CC)c2)CC1. The van der Waals surface area contributed by atoms with Crippen LogP contribution >= 0.6 is 0 Å². The largest absolute Gasteiger partial charge is 0.484 e. The molecule has 5 heteroatoms. The highest BCUT2D eigenvalue weighted by atomic mass is 16.5. The number of nitrogens with zero attached hydrogens (tertiary/aromatic N) is 1. The van der Waals surface area contributed by atoms with Gasteiger partial charge in [-0.25, -0.2) is 0 Å². The van der Waals surface area contributed by atoms with Crippen LogP contribution in [0.3, 0.4) is 0 Å². The molecule has 1 amide bonds. The monoisotopic (exact) mass is 319 g/mol. The predicted octanol–water partition coefficient (Wildman–Crippen LogP) is 2.43. The van der Waals surface area contributed by atoms with Crippen LogP contribution in [0.2, 0.25) is 0 Å². The van der Waals surface area contributed by atoms with Crippen molar-refractivity contribution in [3.8, 4) is 5.75 Å². The van der Waals surface area contributed by atoms with E-state index in [4.69, 9.17) is 9.47 Å². The number of piperidine rings is 1. The van der Waals surface area contributed by atoms with Crippen molar-refractivity contribution >= 4 is 11.9 Å². The highest BCUT2D eigenvalue weighted by Crippen LogP contribution is 2.19. The van der Waals surface area contributed by atoms with Crippen LogP contribution in [0.25, 0.3) is 0 Å². The lowest BCUT2D eigenvalue weighted by Crippen LogP contribution is -2.42. The van der Waals surface area contributed by atoms with E-state index in [1.807, 2.05) is 24.3 Å². The second kappa shape index (κ2) is 8.56. The van der Waals surface area contributed by atoms with Gasteiger partial charge in [0.1, 0.15) is 5.75 Å². The van der Waals surface area contributed by atoms with Crippen LogP contribution in [0.1, 0.15) is 32.3 Å². The van der Waals surface area contributed by atoms with Gasteiger partial charge in [0.15, 0.2) is 6.61 Å². The average molecular weight is 319 g/mol. The molecule has 0 atom stereocenters. The first-order chi connectivity index (χ1) is 11.1. The number of hydrogen-bond acceptors (Lipinski definition) is 4. The molecule has 0 unspecified atom stereocenters. The van der Waals surface area contributed by atoms with Crippen molar-refractivity contribution in [2.24, 2.45) is 5.92 Å². The molecule has 0 aromatic heterocycles. The molecule has 126 valence electrons. The molecule has 0 radical (unpaired) electrons. The van der Waals surface area contributed by atoms with Gasteiger partial charge in [-0.15, -0.1) is 0 Å². The van der Waals surface area contributed by atoms with Crippen molar-refractivity contribution in [3.63, 3.8) is 0 Å². The van der Waals surface area contributed by atoms with Crippen molar-refractivity contribution < 1.29 is 19.1 Å². The molecule has 1 aliphatic rings. The van der Waals surface area contributed by atoms with Gasteiger partial charge in [0, 0.05) is 13.1 Å². The summed E-state index contributed by atoms with van der Waals surface area (Å²) in [4.78, 5) is 25.7. The van der Waals surface area contributed by atoms with E-state index in [2.05, 4.69) is 6.92 Å². The average Bonchev–Trinajstić information content (AvgIpc) is 2.60. The van der Waals surface area contributed by atoms with Crippen LogP contribution < -0.4 is 4.74 Å². The van der Waals surface area contributed by atoms with Gasteiger partial charge in [-0.3, -0.25) is 9.59 Å². The molecule has 1 aliphatic heterocycles. The Balaban J connectivity index is 1.77. The minimum atomic E-state index is -0.146. The van der Waals surface area contributed by atoms with Gasteiger partial charge in [-0.2, -0.15) is 0 Å². The van der Waals surface area contributed by atoms with E-state index in [-0.39, 0.29) is 24.4 Å². The topological polar surface area (TPSA) is 55.8 Å². The molecule has 5 nitrogen and oxygen atoms in total. The molecule has 1 heterocycles. The number of ether oxygens (including phenoxy) is 2. The Bertz CT molecular complexity index is 536. The van der Waals surface area contributed by atoms with Crippen LogP contribution in [0.4, 0.5) is 0 Å². The molecule has 1 fully saturated rings. The van der Waals surface area contributed by atoms with Crippen molar-refractivity contribution in [3.05, 3.63) is 29.8 Å². The van der Waals surface area contributed by atoms with Crippen molar-refractivity contribution in [2.45, 2.75) is 33.1 Å². The summed E-state index contributed by atoms with van der Waals surface area (Å²) < 4.78 is 10.6. The second-order valence-corrected chi connectivity index (χ2v) is 5.70. The van der Waals surface area contributed by atoms with E-state index in [9.17, 15) is 9.59 Å². The third-order valence-corrected chi connectivity index (χ3v) is 4.14. The molecule has 0 spiro atoms. The Morgan fingerprint density at radius 3 is 2.61 bits per heavy atom. The highest BCUT2D eigenvalue weighted by molar-refractivity contribution is 5.78. The normalized spacial score (nSPS) is 15.3. The van der Waals surface area contributed by atoms with Gasteiger partial charge < -0.3 is 14.4 Å². The van der Waals surface area contributed by atoms with Gasteiger partial charge in [-0.05, 0) is 43.9 Å². The molecule has 0 N–H and O–H groups in total. The number of likely N-dealkylation sites (tertiary alicyclic amines) is 1. The van der Waals surface area contributed by atoms with Gasteiger partial charge >= 0.3 is 5.97 Å². The van der Waals surface area contributed by atoms with Crippen LogP contribution in [-0.4, -0.2) is 43.1 Å². The summed E-state index contributed by atoms with van der Waals surface area (Å²) in [5.41, 5.74) is 1.19. The fraction of sp³-hybridized carbons (Fsp3) is 0.556. The molecule has 0 bridgehead atoms.